The van der Waals surface area contributed by atoms with Crippen molar-refractivity contribution < 1.29 is 17.9 Å². The molecule has 1 aromatic rings. The van der Waals surface area contributed by atoms with E-state index in [-0.39, 0.29) is 29.6 Å². The zero-order chi connectivity index (χ0) is 14.5. The lowest BCUT2D eigenvalue weighted by Crippen LogP contribution is -2.27. The van der Waals surface area contributed by atoms with Crippen molar-refractivity contribution >= 4 is 43.5 Å². The minimum Gasteiger partial charge on any atom is -0.466 e. The molecule has 0 aliphatic rings. The fourth-order valence-corrected chi connectivity index (χ4v) is 2.76. The molecule has 0 saturated carbocycles. The number of sulfonamides is 1. The number of carbonyl (C=O) groups excluding carboxylic acids is 1. The van der Waals surface area contributed by atoms with E-state index in [2.05, 4.69) is 30.4 Å². The Bertz CT molecular complexity index is 565. The Kier molecular flexibility index (Phi) is 6.18. The van der Waals surface area contributed by atoms with E-state index in [4.69, 9.17) is 11.6 Å². The Labute approximate surface area is 124 Å². The zero-order valence-electron chi connectivity index (χ0n) is 10.0. The van der Waals surface area contributed by atoms with E-state index in [0.717, 1.165) is 6.20 Å². The van der Waals surface area contributed by atoms with Crippen molar-refractivity contribution in [2.75, 3.05) is 13.2 Å². The first-order valence-electron chi connectivity index (χ1n) is 5.33. The number of nitrogens with one attached hydrogen (secondary N) is 1. The van der Waals surface area contributed by atoms with Gasteiger partial charge in [-0.05, 0) is 28.9 Å². The molecule has 0 aliphatic carbocycles. The minimum absolute atomic E-state index is 0.0325. The number of hydrogen-bond acceptors (Lipinski definition) is 5. The van der Waals surface area contributed by atoms with Crippen LogP contribution in [-0.4, -0.2) is 32.5 Å². The third-order valence-corrected chi connectivity index (χ3v) is 4.57. The Morgan fingerprint density at radius 3 is 2.84 bits per heavy atom. The molecule has 1 heterocycles. The second-order valence-corrected chi connectivity index (χ2v) is 6.38. The molecule has 0 spiro atoms. The summed E-state index contributed by atoms with van der Waals surface area (Å²) in [6, 6.07) is 1.34. The number of rotatable bonds is 6. The molecule has 1 N–H and O–H groups in total. The summed E-state index contributed by atoms with van der Waals surface area (Å²) in [5.41, 5.74) is 0. The third kappa shape index (κ3) is 5.06. The molecule has 19 heavy (non-hydrogen) atoms. The smallest absolute Gasteiger partial charge is 0.307 e. The Morgan fingerprint density at radius 1 is 1.58 bits per heavy atom. The van der Waals surface area contributed by atoms with E-state index in [1.807, 2.05) is 0 Å². The zero-order valence-corrected chi connectivity index (χ0v) is 13.2. The molecule has 0 atom stereocenters. The summed E-state index contributed by atoms with van der Waals surface area (Å²) in [6.45, 7) is 1.90. The molecule has 0 aliphatic heterocycles. The van der Waals surface area contributed by atoms with Crippen molar-refractivity contribution in [2.24, 2.45) is 0 Å². The molecular formula is C10H12BrClN2O4S. The standard InChI is InChI=1S/C10H12BrClN2O4S/c1-2-18-9(15)3-4-14-19(16,17)7-5-8(11)10(12)13-6-7/h5-6,14H,2-4H2,1H3. The SMILES string of the molecule is CCOC(=O)CCNS(=O)(=O)c1cnc(Cl)c(Br)c1. The lowest BCUT2D eigenvalue weighted by Gasteiger charge is -2.07. The highest BCUT2D eigenvalue weighted by atomic mass is 79.9. The van der Waals surface area contributed by atoms with Gasteiger partial charge in [0, 0.05) is 12.7 Å². The molecule has 0 fully saturated rings. The van der Waals surface area contributed by atoms with Crippen molar-refractivity contribution in [3.05, 3.63) is 21.9 Å². The maximum Gasteiger partial charge on any atom is 0.307 e. The van der Waals surface area contributed by atoms with Crippen LogP contribution in [0.15, 0.2) is 21.6 Å². The van der Waals surface area contributed by atoms with Crippen molar-refractivity contribution in [3.8, 4) is 0 Å². The van der Waals surface area contributed by atoms with Crippen molar-refractivity contribution in [1.82, 2.24) is 9.71 Å². The minimum atomic E-state index is -3.72. The van der Waals surface area contributed by atoms with Crippen LogP contribution in [0.5, 0.6) is 0 Å². The number of pyridine rings is 1. The summed E-state index contributed by atoms with van der Waals surface area (Å²) in [5.74, 6) is -0.458. The van der Waals surface area contributed by atoms with Gasteiger partial charge < -0.3 is 4.74 Å². The van der Waals surface area contributed by atoms with E-state index >= 15 is 0 Å². The number of esters is 1. The molecule has 106 valence electrons. The molecule has 0 aromatic carbocycles. The van der Waals surface area contributed by atoms with E-state index in [1.165, 1.54) is 6.07 Å². The predicted molar refractivity (Wildman–Crippen MR) is 73.4 cm³/mol. The van der Waals surface area contributed by atoms with Crippen LogP contribution in [0.4, 0.5) is 0 Å². The number of ether oxygens (including phenoxy) is 1. The molecule has 0 amide bonds. The van der Waals surface area contributed by atoms with Gasteiger partial charge in [-0.25, -0.2) is 18.1 Å². The molecule has 9 heteroatoms. The fourth-order valence-electron chi connectivity index (χ4n) is 1.15. The number of aromatic nitrogens is 1. The maximum atomic E-state index is 11.9. The molecule has 1 rings (SSSR count). The lowest BCUT2D eigenvalue weighted by atomic mass is 10.4. The summed E-state index contributed by atoms with van der Waals surface area (Å²) in [4.78, 5) is 14.8. The highest BCUT2D eigenvalue weighted by molar-refractivity contribution is 9.10. The van der Waals surface area contributed by atoms with Crippen LogP contribution < -0.4 is 4.72 Å². The van der Waals surface area contributed by atoms with Crippen molar-refractivity contribution in [3.63, 3.8) is 0 Å². The Morgan fingerprint density at radius 2 is 2.26 bits per heavy atom. The summed E-state index contributed by atoms with van der Waals surface area (Å²) >= 11 is 8.77. The first-order valence-corrected chi connectivity index (χ1v) is 7.98. The second kappa shape index (κ2) is 7.18. The van der Waals surface area contributed by atoms with Gasteiger partial charge in [0.15, 0.2) is 0 Å². The molecular weight excluding hydrogens is 360 g/mol. The van der Waals surface area contributed by atoms with Crippen molar-refractivity contribution in [2.45, 2.75) is 18.2 Å². The maximum absolute atomic E-state index is 11.9. The topological polar surface area (TPSA) is 85.4 Å². The van der Waals surface area contributed by atoms with E-state index in [0.29, 0.717) is 4.47 Å². The van der Waals surface area contributed by atoms with Crippen LogP contribution >= 0.6 is 27.5 Å². The van der Waals surface area contributed by atoms with Crippen LogP contribution in [0.2, 0.25) is 5.15 Å². The first kappa shape index (κ1) is 16.4. The first-order chi connectivity index (χ1) is 8.86. The quantitative estimate of drug-likeness (QED) is 0.608. The van der Waals surface area contributed by atoms with Crippen LogP contribution in [0.3, 0.4) is 0 Å². The van der Waals surface area contributed by atoms with Crippen molar-refractivity contribution in [1.29, 1.82) is 0 Å². The molecule has 0 saturated heterocycles. The van der Waals surface area contributed by atoms with Crippen LogP contribution in [0.25, 0.3) is 0 Å². The van der Waals surface area contributed by atoms with Gasteiger partial charge in [-0.3, -0.25) is 4.79 Å². The van der Waals surface area contributed by atoms with E-state index in [1.54, 1.807) is 6.92 Å². The summed E-state index contributed by atoms with van der Waals surface area (Å²) in [7, 11) is -3.72. The molecule has 0 bridgehead atoms. The van der Waals surface area contributed by atoms with Gasteiger partial charge in [0.25, 0.3) is 0 Å². The van der Waals surface area contributed by atoms with Gasteiger partial charge in [0.1, 0.15) is 10.0 Å². The molecule has 0 radical (unpaired) electrons. The van der Waals surface area contributed by atoms with E-state index < -0.39 is 16.0 Å². The Hall–Kier alpha value is -0.700. The predicted octanol–water partition coefficient (Wildman–Crippen LogP) is 1.73. The van der Waals surface area contributed by atoms with Crippen LogP contribution in [0.1, 0.15) is 13.3 Å². The van der Waals surface area contributed by atoms with Gasteiger partial charge in [0.05, 0.1) is 17.5 Å². The fraction of sp³-hybridized carbons (Fsp3) is 0.400. The normalized spacial score (nSPS) is 11.3. The summed E-state index contributed by atoms with van der Waals surface area (Å²) in [5, 5.41) is 0.172. The van der Waals surface area contributed by atoms with Crippen LogP contribution in [0, 0.1) is 0 Å². The molecule has 6 nitrogen and oxygen atoms in total. The monoisotopic (exact) mass is 370 g/mol. The van der Waals surface area contributed by atoms with Crippen LogP contribution in [-0.2, 0) is 19.6 Å². The number of nitrogens with zero attached hydrogens (tertiary/aromatic N) is 1. The number of hydrogen-bond donors (Lipinski definition) is 1. The summed E-state index contributed by atoms with van der Waals surface area (Å²) < 4.78 is 31.1. The largest absolute Gasteiger partial charge is 0.466 e. The molecule has 0 unspecified atom stereocenters. The number of carbonyl (C=O) groups is 1. The average Bonchev–Trinajstić information content (AvgIpc) is 2.32. The molecule has 1 aromatic heterocycles. The highest BCUT2D eigenvalue weighted by Gasteiger charge is 2.16. The van der Waals surface area contributed by atoms with Gasteiger partial charge in [-0.15, -0.1) is 0 Å². The second-order valence-electron chi connectivity index (χ2n) is 3.40. The summed E-state index contributed by atoms with van der Waals surface area (Å²) in [6.07, 6.45) is 1.11. The highest BCUT2D eigenvalue weighted by Crippen LogP contribution is 2.22. The van der Waals surface area contributed by atoms with Gasteiger partial charge in [0.2, 0.25) is 10.0 Å². The van der Waals surface area contributed by atoms with Gasteiger partial charge in [-0.1, -0.05) is 11.6 Å². The van der Waals surface area contributed by atoms with Gasteiger partial charge >= 0.3 is 5.97 Å². The Balaban J connectivity index is 2.66. The van der Waals surface area contributed by atoms with Gasteiger partial charge in [-0.2, -0.15) is 0 Å². The van der Waals surface area contributed by atoms with E-state index in [9.17, 15) is 13.2 Å². The average molecular weight is 372 g/mol. The third-order valence-electron chi connectivity index (χ3n) is 2.01. The lowest BCUT2D eigenvalue weighted by molar-refractivity contribution is -0.142. The number of halogens is 2.